The molecule has 0 unspecified atom stereocenters. The minimum absolute atomic E-state index is 0.0574. The van der Waals surface area contributed by atoms with Crippen molar-refractivity contribution in [1.82, 2.24) is 4.98 Å². The van der Waals surface area contributed by atoms with Crippen molar-refractivity contribution < 1.29 is 13.9 Å². The molecule has 0 saturated carbocycles. The van der Waals surface area contributed by atoms with E-state index < -0.39 is 11.7 Å². The number of pyridine rings is 1. The summed E-state index contributed by atoms with van der Waals surface area (Å²) in [5.41, 5.74) is 6.29. The molecule has 1 aromatic heterocycles. The molecule has 1 heterocycles. The fourth-order valence-electron chi connectivity index (χ4n) is 1.74. The highest BCUT2D eigenvalue weighted by Gasteiger charge is 2.14. The van der Waals surface area contributed by atoms with Crippen molar-refractivity contribution in [3.8, 4) is 5.75 Å². The number of aryl methyl sites for hydroxylation is 1. The van der Waals surface area contributed by atoms with Gasteiger partial charge in [-0.25, -0.2) is 4.39 Å². The standard InChI is InChI=1S/C12H11FN2O2/c1-6-3-10(17-2)8-4-7(13)5-9(12(14)16)11(8)15-6/h3-5H,1-2H3,(H2,14,16). The minimum atomic E-state index is -0.713. The number of benzene rings is 1. The van der Waals surface area contributed by atoms with Gasteiger partial charge in [-0.1, -0.05) is 0 Å². The number of rotatable bonds is 2. The maximum atomic E-state index is 13.4. The summed E-state index contributed by atoms with van der Waals surface area (Å²) in [4.78, 5) is 15.5. The Morgan fingerprint density at radius 1 is 1.41 bits per heavy atom. The molecule has 0 bridgehead atoms. The fourth-order valence-corrected chi connectivity index (χ4v) is 1.74. The lowest BCUT2D eigenvalue weighted by Gasteiger charge is -2.09. The van der Waals surface area contributed by atoms with Crippen LogP contribution in [-0.4, -0.2) is 18.0 Å². The highest BCUT2D eigenvalue weighted by atomic mass is 19.1. The summed E-state index contributed by atoms with van der Waals surface area (Å²) >= 11 is 0. The molecule has 0 radical (unpaired) electrons. The number of halogens is 1. The first kappa shape index (κ1) is 11.3. The normalized spacial score (nSPS) is 10.5. The number of carbonyl (C=O) groups excluding carboxylic acids is 1. The second-order valence-corrected chi connectivity index (χ2v) is 3.68. The third kappa shape index (κ3) is 1.91. The van der Waals surface area contributed by atoms with Crippen molar-refractivity contribution in [3.05, 3.63) is 35.3 Å². The lowest BCUT2D eigenvalue weighted by atomic mass is 10.1. The van der Waals surface area contributed by atoms with Crippen LogP contribution in [0.4, 0.5) is 4.39 Å². The molecule has 5 heteroatoms. The Bertz CT molecular complexity index is 611. The molecule has 1 aromatic carbocycles. The Balaban J connectivity index is 2.93. The van der Waals surface area contributed by atoms with E-state index in [4.69, 9.17) is 10.5 Å². The van der Waals surface area contributed by atoms with Gasteiger partial charge in [0.2, 0.25) is 0 Å². The van der Waals surface area contributed by atoms with Crippen LogP contribution in [0.5, 0.6) is 5.75 Å². The zero-order valence-electron chi connectivity index (χ0n) is 9.45. The minimum Gasteiger partial charge on any atom is -0.496 e. The molecule has 1 amide bonds. The summed E-state index contributed by atoms with van der Waals surface area (Å²) in [5.74, 6) is -0.792. The van der Waals surface area contributed by atoms with Gasteiger partial charge in [0.25, 0.3) is 5.91 Å². The van der Waals surface area contributed by atoms with Gasteiger partial charge >= 0.3 is 0 Å². The Morgan fingerprint density at radius 3 is 2.71 bits per heavy atom. The first-order chi connectivity index (χ1) is 8.02. The van der Waals surface area contributed by atoms with Crippen LogP contribution in [0.3, 0.4) is 0 Å². The average molecular weight is 234 g/mol. The SMILES string of the molecule is COc1cc(C)nc2c(C(N)=O)cc(F)cc12. The van der Waals surface area contributed by atoms with Gasteiger partial charge in [0, 0.05) is 17.1 Å². The first-order valence-electron chi connectivity index (χ1n) is 4.97. The fraction of sp³-hybridized carbons (Fsp3) is 0.167. The third-order valence-corrected chi connectivity index (χ3v) is 2.45. The Kier molecular flexibility index (Phi) is 2.67. The summed E-state index contributed by atoms with van der Waals surface area (Å²) in [6.07, 6.45) is 0. The van der Waals surface area contributed by atoms with Gasteiger partial charge in [0.1, 0.15) is 11.6 Å². The number of nitrogens with zero attached hydrogens (tertiary/aromatic N) is 1. The van der Waals surface area contributed by atoms with E-state index in [1.165, 1.54) is 13.2 Å². The molecule has 0 aliphatic carbocycles. The molecule has 0 aliphatic rings. The van der Waals surface area contributed by atoms with Gasteiger partial charge < -0.3 is 10.5 Å². The number of hydrogen-bond acceptors (Lipinski definition) is 3. The average Bonchev–Trinajstić information content (AvgIpc) is 2.27. The van der Waals surface area contributed by atoms with Crippen LogP contribution >= 0.6 is 0 Å². The molecule has 4 nitrogen and oxygen atoms in total. The molecule has 2 N–H and O–H groups in total. The highest BCUT2D eigenvalue weighted by molar-refractivity contribution is 6.06. The number of ether oxygens (including phenoxy) is 1. The van der Waals surface area contributed by atoms with E-state index in [1.807, 2.05) is 0 Å². The second-order valence-electron chi connectivity index (χ2n) is 3.68. The predicted molar refractivity (Wildman–Crippen MR) is 61.5 cm³/mol. The summed E-state index contributed by atoms with van der Waals surface area (Å²) in [6, 6.07) is 4.02. The summed E-state index contributed by atoms with van der Waals surface area (Å²) in [7, 11) is 1.48. The number of primary amides is 1. The molecule has 0 atom stereocenters. The highest BCUT2D eigenvalue weighted by Crippen LogP contribution is 2.28. The van der Waals surface area contributed by atoms with Crippen LogP contribution in [0.15, 0.2) is 18.2 Å². The molecule has 0 fully saturated rings. The van der Waals surface area contributed by atoms with Crippen LogP contribution < -0.4 is 10.5 Å². The molecule has 0 saturated heterocycles. The topological polar surface area (TPSA) is 65.2 Å². The lowest BCUT2D eigenvalue weighted by Crippen LogP contribution is -2.12. The molecular weight excluding hydrogens is 223 g/mol. The van der Waals surface area contributed by atoms with Crippen LogP contribution in [-0.2, 0) is 0 Å². The molecule has 0 spiro atoms. The summed E-state index contributed by atoms with van der Waals surface area (Å²) < 4.78 is 18.5. The van der Waals surface area contributed by atoms with E-state index in [0.29, 0.717) is 22.3 Å². The summed E-state index contributed by atoms with van der Waals surface area (Å²) in [5, 5.41) is 0.437. The lowest BCUT2D eigenvalue weighted by molar-refractivity contribution is 0.100. The Hall–Kier alpha value is -2.17. The van der Waals surface area contributed by atoms with E-state index in [1.54, 1.807) is 13.0 Å². The number of hydrogen-bond donors (Lipinski definition) is 1. The third-order valence-electron chi connectivity index (χ3n) is 2.45. The quantitative estimate of drug-likeness (QED) is 0.861. The van der Waals surface area contributed by atoms with Crippen LogP contribution in [0, 0.1) is 12.7 Å². The predicted octanol–water partition coefficient (Wildman–Crippen LogP) is 1.79. The number of methoxy groups -OCH3 is 1. The molecule has 88 valence electrons. The van der Waals surface area contributed by atoms with E-state index in [-0.39, 0.29) is 5.56 Å². The maximum Gasteiger partial charge on any atom is 0.251 e. The monoisotopic (exact) mass is 234 g/mol. The van der Waals surface area contributed by atoms with E-state index >= 15 is 0 Å². The van der Waals surface area contributed by atoms with Crippen molar-refractivity contribution in [2.24, 2.45) is 5.73 Å². The number of fused-ring (bicyclic) bond motifs is 1. The zero-order chi connectivity index (χ0) is 12.6. The van der Waals surface area contributed by atoms with Crippen molar-refractivity contribution in [2.45, 2.75) is 6.92 Å². The van der Waals surface area contributed by atoms with Crippen LogP contribution in [0.1, 0.15) is 16.1 Å². The van der Waals surface area contributed by atoms with Crippen molar-refractivity contribution in [1.29, 1.82) is 0 Å². The molecule has 17 heavy (non-hydrogen) atoms. The molecule has 0 aliphatic heterocycles. The van der Waals surface area contributed by atoms with Crippen molar-refractivity contribution in [3.63, 3.8) is 0 Å². The van der Waals surface area contributed by atoms with Gasteiger partial charge in [0.15, 0.2) is 0 Å². The van der Waals surface area contributed by atoms with E-state index in [0.717, 1.165) is 6.07 Å². The van der Waals surface area contributed by atoms with E-state index in [9.17, 15) is 9.18 Å². The van der Waals surface area contributed by atoms with Gasteiger partial charge in [0.05, 0.1) is 18.2 Å². The van der Waals surface area contributed by atoms with Crippen LogP contribution in [0.2, 0.25) is 0 Å². The van der Waals surface area contributed by atoms with Crippen molar-refractivity contribution in [2.75, 3.05) is 7.11 Å². The Morgan fingerprint density at radius 2 is 2.12 bits per heavy atom. The molecule has 2 rings (SSSR count). The molecular formula is C12H11FN2O2. The van der Waals surface area contributed by atoms with Gasteiger partial charge in [-0.3, -0.25) is 9.78 Å². The number of amides is 1. The number of nitrogens with two attached hydrogens (primary N) is 1. The van der Waals surface area contributed by atoms with Gasteiger partial charge in [-0.05, 0) is 19.1 Å². The largest absolute Gasteiger partial charge is 0.496 e. The first-order valence-corrected chi connectivity index (χ1v) is 4.97. The summed E-state index contributed by atoms with van der Waals surface area (Å²) in [6.45, 7) is 1.76. The van der Waals surface area contributed by atoms with E-state index in [2.05, 4.69) is 4.98 Å². The van der Waals surface area contributed by atoms with Crippen LogP contribution in [0.25, 0.3) is 10.9 Å². The van der Waals surface area contributed by atoms with Gasteiger partial charge in [-0.2, -0.15) is 0 Å². The maximum absolute atomic E-state index is 13.4. The smallest absolute Gasteiger partial charge is 0.251 e. The number of carbonyl (C=O) groups is 1. The van der Waals surface area contributed by atoms with Crippen molar-refractivity contribution >= 4 is 16.8 Å². The zero-order valence-corrected chi connectivity index (χ0v) is 9.45. The molecule has 2 aromatic rings. The number of aromatic nitrogens is 1. The Labute approximate surface area is 97.2 Å². The van der Waals surface area contributed by atoms with Gasteiger partial charge in [-0.15, -0.1) is 0 Å². The second kappa shape index (κ2) is 4.01.